The Balaban J connectivity index is 1.44. The third kappa shape index (κ3) is 4.26. The second-order valence-electron chi connectivity index (χ2n) is 7.06. The molecule has 3 aromatic rings. The Labute approximate surface area is 193 Å². The number of carbonyl (C=O) groups is 1. The maximum Gasteiger partial charge on any atom is 0.289 e. The van der Waals surface area contributed by atoms with Gasteiger partial charge in [-0.3, -0.25) is 14.9 Å². The molecule has 0 spiro atoms. The van der Waals surface area contributed by atoms with E-state index in [2.05, 4.69) is 0 Å². The molecule has 0 atom stereocenters. The second kappa shape index (κ2) is 8.99. The monoisotopic (exact) mass is 491 g/mol. The van der Waals surface area contributed by atoms with Gasteiger partial charge in [-0.1, -0.05) is 41.9 Å². The minimum Gasteiger partial charge on any atom is -0.337 e. The predicted molar refractivity (Wildman–Crippen MR) is 124 cm³/mol. The summed E-state index contributed by atoms with van der Waals surface area (Å²) in [5, 5.41) is 12.7. The number of carbonyl (C=O) groups excluding carboxylic acids is 1. The smallest absolute Gasteiger partial charge is 0.289 e. The number of thiophene rings is 1. The van der Waals surface area contributed by atoms with Crippen LogP contribution >= 0.6 is 22.9 Å². The minimum atomic E-state index is -4.04. The molecule has 2 aromatic carbocycles. The van der Waals surface area contributed by atoms with Crippen LogP contribution in [0.15, 0.2) is 59.5 Å². The Morgan fingerprint density at radius 1 is 1.06 bits per heavy atom. The van der Waals surface area contributed by atoms with Gasteiger partial charge in [-0.15, -0.1) is 11.3 Å². The number of benzene rings is 2. The molecule has 1 saturated heterocycles. The number of halogens is 1. The zero-order chi connectivity index (χ0) is 22.9. The highest BCUT2D eigenvalue weighted by Crippen LogP contribution is 2.36. The van der Waals surface area contributed by atoms with Crippen LogP contribution in [-0.4, -0.2) is 54.6 Å². The zero-order valence-corrected chi connectivity index (χ0v) is 19.1. The molecule has 0 N–H and O–H groups in total. The highest BCUT2D eigenvalue weighted by molar-refractivity contribution is 7.89. The molecular weight excluding hydrogens is 474 g/mol. The number of hydrogen-bond donors (Lipinski definition) is 0. The number of nitro groups is 1. The van der Waals surface area contributed by atoms with Crippen molar-refractivity contribution in [2.24, 2.45) is 0 Å². The molecule has 1 aliphatic rings. The van der Waals surface area contributed by atoms with Gasteiger partial charge in [0.1, 0.15) is 0 Å². The minimum absolute atomic E-state index is 0.0532. The lowest BCUT2D eigenvalue weighted by Gasteiger charge is -2.33. The van der Waals surface area contributed by atoms with Crippen molar-refractivity contribution in [2.45, 2.75) is 4.90 Å². The lowest BCUT2D eigenvalue weighted by atomic mass is 10.2. The molecule has 0 unspecified atom stereocenters. The van der Waals surface area contributed by atoms with Crippen molar-refractivity contribution in [1.82, 2.24) is 9.21 Å². The Morgan fingerprint density at radius 3 is 2.41 bits per heavy atom. The van der Waals surface area contributed by atoms with Gasteiger partial charge in [0.05, 0.1) is 9.95 Å². The first-order valence-electron chi connectivity index (χ1n) is 9.66. The highest BCUT2D eigenvalue weighted by atomic mass is 35.5. The second-order valence-corrected chi connectivity index (χ2v) is 10.4. The van der Waals surface area contributed by atoms with E-state index in [1.54, 1.807) is 11.0 Å². The number of para-hydroxylation sites is 1. The zero-order valence-electron chi connectivity index (χ0n) is 16.7. The number of amides is 1. The Kier molecular flexibility index (Phi) is 6.29. The van der Waals surface area contributed by atoms with E-state index in [9.17, 15) is 23.3 Å². The molecule has 0 aliphatic carbocycles. The summed E-state index contributed by atoms with van der Waals surface area (Å²) in [7, 11) is -4.04. The molecule has 4 rings (SSSR count). The molecule has 8 nitrogen and oxygen atoms in total. The number of sulfonamides is 1. The van der Waals surface area contributed by atoms with Gasteiger partial charge in [-0.2, -0.15) is 4.31 Å². The first kappa shape index (κ1) is 22.4. The quantitative estimate of drug-likeness (QED) is 0.305. The summed E-state index contributed by atoms with van der Waals surface area (Å²) in [6, 6.07) is 13.0. The molecule has 2 heterocycles. The normalized spacial score (nSPS) is 15.5. The largest absolute Gasteiger partial charge is 0.337 e. The van der Waals surface area contributed by atoms with Gasteiger partial charge in [-0.25, -0.2) is 8.42 Å². The fraction of sp³-hybridized carbons (Fsp3) is 0.190. The maximum atomic E-state index is 12.9. The lowest BCUT2D eigenvalue weighted by molar-refractivity contribution is -0.387. The summed E-state index contributed by atoms with van der Waals surface area (Å²) in [6.07, 6.45) is 3.11. The van der Waals surface area contributed by atoms with Crippen molar-refractivity contribution in [1.29, 1.82) is 0 Å². The van der Waals surface area contributed by atoms with Crippen LogP contribution < -0.4 is 0 Å². The number of nitro benzene ring substituents is 1. The molecular formula is C21H18ClN3O5S2. The molecule has 1 aromatic heterocycles. The van der Waals surface area contributed by atoms with Crippen LogP contribution in [0.4, 0.5) is 5.69 Å². The van der Waals surface area contributed by atoms with Crippen molar-refractivity contribution in [3.05, 3.63) is 74.6 Å². The molecule has 1 amide bonds. The summed E-state index contributed by atoms with van der Waals surface area (Å²) < 4.78 is 28.0. The average Bonchev–Trinajstić information content (AvgIpc) is 3.13. The average molecular weight is 492 g/mol. The van der Waals surface area contributed by atoms with Gasteiger partial charge in [0.15, 0.2) is 4.90 Å². The Morgan fingerprint density at radius 2 is 1.72 bits per heavy atom. The summed E-state index contributed by atoms with van der Waals surface area (Å²) in [5.41, 5.74) is -0.464. The molecule has 1 aliphatic heterocycles. The molecule has 1 fully saturated rings. The van der Waals surface area contributed by atoms with Gasteiger partial charge in [0.25, 0.3) is 5.69 Å². The van der Waals surface area contributed by atoms with Crippen LogP contribution in [0.25, 0.3) is 16.2 Å². The van der Waals surface area contributed by atoms with Crippen LogP contribution in [-0.2, 0) is 14.8 Å². The van der Waals surface area contributed by atoms with Gasteiger partial charge in [0.2, 0.25) is 15.9 Å². The summed E-state index contributed by atoms with van der Waals surface area (Å²) in [6.45, 7) is 0.474. The standard InChI is InChI=1S/C21H18ClN3O5S2/c22-21-15-5-1-3-7-17(15)31-18(21)9-10-20(26)23-11-13-24(14-12-23)32(29,30)19-8-4-2-6-16(19)25(27)28/h1-10H,11-14H2/b10-9+. The van der Waals surface area contributed by atoms with E-state index in [0.29, 0.717) is 5.02 Å². The van der Waals surface area contributed by atoms with E-state index in [4.69, 9.17) is 11.6 Å². The van der Waals surface area contributed by atoms with Gasteiger partial charge >= 0.3 is 0 Å². The van der Waals surface area contributed by atoms with E-state index in [0.717, 1.165) is 21.0 Å². The van der Waals surface area contributed by atoms with E-state index >= 15 is 0 Å². The van der Waals surface area contributed by atoms with Gasteiger partial charge in [-0.05, 0) is 18.2 Å². The van der Waals surface area contributed by atoms with E-state index in [-0.39, 0.29) is 37.0 Å². The SMILES string of the molecule is O=C(/C=C/c1sc2ccccc2c1Cl)N1CCN(S(=O)(=O)c2ccccc2[N+](=O)[O-])CC1. The lowest BCUT2D eigenvalue weighted by Crippen LogP contribution is -2.50. The fourth-order valence-corrected chi connectivity index (χ4v) is 6.48. The van der Waals surface area contributed by atoms with Crippen molar-refractivity contribution >= 4 is 60.7 Å². The highest BCUT2D eigenvalue weighted by Gasteiger charge is 2.34. The number of fused-ring (bicyclic) bond motifs is 1. The number of hydrogen-bond acceptors (Lipinski definition) is 6. The molecule has 11 heteroatoms. The summed E-state index contributed by atoms with van der Waals surface area (Å²) in [4.78, 5) is 25.1. The Bertz CT molecular complexity index is 1330. The van der Waals surface area contributed by atoms with Crippen LogP contribution in [0.3, 0.4) is 0 Å². The van der Waals surface area contributed by atoms with Crippen molar-refractivity contribution in [3.63, 3.8) is 0 Å². The first-order valence-corrected chi connectivity index (χ1v) is 12.3. The van der Waals surface area contributed by atoms with Crippen molar-refractivity contribution in [2.75, 3.05) is 26.2 Å². The van der Waals surface area contributed by atoms with Gasteiger partial charge in [0, 0.05) is 53.3 Å². The van der Waals surface area contributed by atoms with Crippen molar-refractivity contribution < 1.29 is 18.1 Å². The molecule has 0 saturated carbocycles. The predicted octanol–water partition coefficient (Wildman–Crippen LogP) is 4.01. The molecule has 32 heavy (non-hydrogen) atoms. The van der Waals surface area contributed by atoms with Crippen LogP contribution in [0.5, 0.6) is 0 Å². The van der Waals surface area contributed by atoms with E-state index < -0.39 is 20.6 Å². The first-order chi connectivity index (χ1) is 15.3. The van der Waals surface area contributed by atoms with Crippen molar-refractivity contribution in [3.8, 4) is 0 Å². The summed E-state index contributed by atoms with van der Waals surface area (Å²) >= 11 is 7.89. The number of nitrogens with zero attached hydrogens (tertiary/aromatic N) is 3. The third-order valence-corrected chi connectivity index (χ3v) is 8.77. The molecule has 0 radical (unpaired) electrons. The van der Waals surface area contributed by atoms with Gasteiger partial charge < -0.3 is 4.90 Å². The maximum absolute atomic E-state index is 12.9. The molecule has 166 valence electrons. The van der Waals surface area contributed by atoms with E-state index in [1.807, 2.05) is 24.3 Å². The fourth-order valence-electron chi connectivity index (χ4n) is 3.51. The van der Waals surface area contributed by atoms with Crippen LogP contribution in [0.2, 0.25) is 5.02 Å². The van der Waals surface area contributed by atoms with Crippen LogP contribution in [0.1, 0.15) is 4.88 Å². The Hall–Kier alpha value is -2.79. The number of rotatable bonds is 5. The topological polar surface area (TPSA) is 101 Å². The molecule has 0 bridgehead atoms. The number of piperazine rings is 1. The van der Waals surface area contributed by atoms with Crippen LogP contribution in [0, 0.1) is 10.1 Å². The summed E-state index contributed by atoms with van der Waals surface area (Å²) in [5.74, 6) is -0.249. The van der Waals surface area contributed by atoms with E-state index in [1.165, 1.54) is 39.9 Å². The third-order valence-electron chi connectivity index (χ3n) is 5.17.